The SMILES string of the molecule is FC(F)(F)C(F)(F)C1CNCCO1. The highest BCUT2D eigenvalue weighted by Crippen LogP contribution is 2.39. The van der Waals surface area contributed by atoms with Gasteiger partial charge in [0.1, 0.15) is 6.10 Å². The fraction of sp³-hybridized carbons (Fsp3) is 1.00. The maximum Gasteiger partial charge on any atom is 0.456 e. The minimum Gasteiger partial charge on any atom is -0.369 e. The molecule has 1 fully saturated rings. The van der Waals surface area contributed by atoms with Crippen LogP contribution in [0.3, 0.4) is 0 Å². The molecule has 13 heavy (non-hydrogen) atoms. The predicted molar refractivity (Wildman–Crippen MR) is 33.6 cm³/mol. The van der Waals surface area contributed by atoms with Crippen LogP contribution >= 0.6 is 0 Å². The van der Waals surface area contributed by atoms with Crippen molar-refractivity contribution in [2.24, 2.45) is 0 Å². The molecular formula is C6H8F5NO. The molecule has 7 heteroatoms. The molecule has 1 heterocycles. The smallest absolute Gasteiger partial charge is 0.369 e. The number of rotatable bonds is 1. The van der Waals surface area contributed by atoms with Crippen LogP contribution in [0, 0.1) is 0 Å². The zero-order chi connectivity index (χ0) is 10.1. The van der Waals surface area contributed by atoms with Gasteiger partial charge in [-0.15, -0.1) is 0 Å². The third kappa shape index (κ3) is 2.08. The van der Waals surface area contributed by atoms with Crippen LogP contribution in [0.2, 0.25) is 0 Å². The van der Waals surface area contributed by atoms with Gasteiger partial charge in [0.25, 0.3) is 0 Å². The molecule has 78 valence electrons. The maximum absolute atomic E-state index is 12.5. The first-order valence-corrected chi connectivity index (χ1v) is 3.62. The second-order valence-corrected chi connectivity index (χ2v) is 2.68. The molecule has 1 N–H and O–H groups in total. The van der Waals surface area contributed by atoms with Crippen LogP contribution in [0.15, 0.2) is 0 Å². The summed E-state index contributed by atoms with van der Waals surface area (Å²) in [5.41, 5.74) is 0. The molecule has 1 atom stereocenters. The van der Waals surface area contributed by atoms with Crippen molar-refractivity contribution in [2.45, 2.75) is 18.2 Å². The van der Waals surface area contributed by atoms with Gasteiger partial charge in [-0.2, -0.15) is 22.0 Å². The van der Waals surface area contributed by atoms with Gasteiger partial charge in [-0.1, -0.05) is 0 Å². The van der Waals surface area contributed by atoms with Crippen LogP contribution in [-0.2, 0) is 4.74 Å². The highest BCUT2D eigenvalue weighted by molar-refractivity contribution is 4.88. The molecule has 1 saturated heterocycles. The van der Waals surface area contributed by atoms with E-state index in [0.717, 1.165) is 0 Å². The summed E-state index contributed by atoms with van der Waals surface area (Å²) in [4.78, 5) is 0. The van der Waals surface area contributed by atoms with Crippen molar-refractivity contribution in [3.8, 4) is 0 Å². The van der Waals surface area contributed by atoms with Crippen LogP contribution in [-0.4, -0.2) is 37.9 Å². The van der Waals surface area contributed by atoms with E-state index in [4.69, 9.17) is 0 Å². The van der Waals surface area contributed by atoms with E-state index in [2.05, 4.69) is 10.1 Å². The van der Waals surface area contributed by atoms with Gasteiger partial charge in [0.15, 0.2) is 0 Å². The molecule has 0 amide bonds. The summed E-state index contributed by atoms with van der Waals surface area (Å²) < 4.78 is 64.7. The third-order valence-corrected chi connectivity index (χ3v) is 1.71. The van der Waals surface area contributed by atoms with E-state index in [1.807, 2.05) is 0 Å². The molecule has 1 unspecified atom stereocenters. The summed E-state index contributed by atoms with van der Waals surface area (Å²) in [5, 5.41) is 2.41. The lowest BCUT2D eigenvalue weighted by atomic mass is 10.1. The van der Waals surface area contributed by atoms with E-state index in [9.17, 15) is 22.0 Å². The highest BCUT2D eigenvalue weighted by atomic mass is 19.4. The first-order valence-electron chi connectivity index (χ1n) is 3.62. The zero-order valence-corrected chi connectivity index (χ0v) is 6.50. The normalized spacial score (nSPS) is 26.1. The van der Waals surface area contributed by atoms with Crippen molar-refractivity contribution in [3.05, 3.63) is 0 Å². The quantitative estimate of drug-likeness (QED) is 0.649. The van der Waals surface area contributed by atoms with Crippen molar-refractivity contribution >= 4 is 0 Å². The van der Waals surface area contributed by atoms with E-state index >= 15 is 0 Å². The van der Waals surface area contributed by atoms with Crippen molar-refractivity contribution in [1.29, 1.82) is 0 Å². The molecule has 1 aliphatic heterocycles. The zero-order valence-electron chi connectivity index (χ0n) is 6.50. The van der Waals surface area contributed by atoms with E-state index in [0.29, 0.717) is 6.54 Å². The lowest BCUT2D eigenvalue weighted by Crippen LogP contribution is -2.55. The van der Waals surface area contributed by atoms with Crippen molar-refractivity contribution < 1.29 is 26.7 Å². The average molecular weight is 205 g/mol. The Morgan fingerprint density at radius 1 is 1.15 bits per heavy atom. The summed E-state index contributed by atoms with van der Waals surface area (Å²) in [6.07, 6.45) is -7.65. The summed E-state index contributed by atoms with van der Waals surface area (Å²) >= 11 is 0. The van der Waals surface area contributed by atoms with Crippen molar-refractivity contribution in [3.63, 3.8) is 0 Å². The number of alkyl halides is 5. The van der Waals surface area contributed by atoms with E-state index in [-0.39, 0.29) is 6.61 Å². The number of morpholine rings is 1. The Morgan fingerprint density at radius 3 is 2.15 bits per heavy atom. The van der Waals surface area contributed by atoms with Gasteiger partial charge in [-0.25, -0.2) is 0 Å². The molecule has 0 aromatic carbocycles. The molecule has 2 nitrogen and oxygen atoms in total. The lowest BCUT2D eigenvalue weighted by molar-refractivity contribution is -0.320. The molecule has 0 aromatic heterocycles. The second kappa shape index (κ2) is 3.38. The highest BCUT2D eigenvalue weighted by Gasteiger charge is 2.63. The Morgan fingerprint density at radius 2 is 1.77 bits per heavy atom. The Bertz CT molecular complexity index is 174. The van der Waals surface area contributed by atoms with Gasteiger partial charge < -0.3 is 10.1 Å². The molecule has 0 bridgehead atoms. The lowest BCUT2D eigenvalue weighted by Gasteiger charge is -2.31. The van der Waals surface area contributed by atoms with Crippen molar-refractivity contribution in [2.75, 3.05) is 19.7 Å². The van der Waals surface area contributed by atoms with E-state index in [1.165, 1.54) is 0 Å². The first-order chi connectivity index (χ1) is 5.86. The fourth-order valence-corrected chi connectivity index (χ4v) is 0.981. The molecular weight excluding hydrogens is 197 g/mol. The molecule has 0 aromatic rings. The minimum atomic E-state index is -5.54. The van der Waals surface area contributed by atoms with Crippen molar-refractivity contribution in [1.82, 2.24) is 5.32 Å². The average Bonchev–Trinajstić information content (AvgIpc) is 2.04. The molecule has 0 saturated carbocycles. The van der Waals surface area contributed by atoms with E-state index < -0.39 is 24.7 Å². The van der Waals surface area contributed by atoms with Gasteiger partial charge in [-0.05, 0) is 0 Å². The number of hydrogen-bond donors (Lipinski definition) is 1. The van der Waals surface area contributed by atoms with Gasteiger partial charge >= 0.3 is 12.1 Å². The van der Waals surface area contributed by atoms with Crippen LogP contribution in [0.4, 0.5) is 22.0 Å². The standard InChI is InChI=1S/C6H8F5NO/c7-5(8,6(9,10)11)4-3-12-1-2-13-4/h4,12H,1-3H2. The Labute approximate surface area is 71.0 Å². The number of nitrogens with one attached hydrogen (secondary N) is 1. The van der Waals surface area contributed by atoms with Crippen LogP contribution in [0.1, 0.15) is 0 Å². The third-order valence-electron chi connectivity index (χ3n) is 1.71. The summed E-state index contributed by atoms with van der Waals surface area (Å²) in [7, 11) is 0. The number of ether oxygens (including phenoxy) is 1. The first kappa shape index (κ1) is 10.6. The van der Waals surface area contributed by atoms with Crippen LogP contribution in [0.5, 0.6) is 0 Å². The summed E-state index contributed by atoms with van der Waals surface area (Å²) in [5.74, 6) is -4.78. The number of hydrogen-bond acceptors (Lipinski definition) is 2. The van der Waals surface area contributed by atoms with Gasteiger partial charge in [-0.3, -0.25) is 0 Å². The summed E-state index contributed by atoms with van der Waals surface area (Å²) in [6, 6.07) is 0. The molecule has 1 rings (SSSR count). The Balaban J connectivity index is 2.67. The Hall–Kier alpha value is -0.430. The molecule has 1 aliphatic rings. The molecule has 0 radical (unpaired) electrons. The second-order valence-electron chi connectivity index (χ2n) is 2.68. The fourth-order valence-electron chi connectivity index (χ4n) is 0.981. The molecule has 0 spiro atoms. The predicted octanol–water partition coefficient (Wildman–Crippen LogP) is 1.17. The van der Waals surface area contributed by atoms with Gasteiger partial charge in [0.05, 0.1) is 6.61 Å². The number of halogens is 5. The topological polar surface area (TPSA) is 21.3 Å². The van der Waals surface area contributed by atoms with Gasteiger partial charge in [0, 0.05) is 13.1 Å². The maximum atomic E-state index is 12.5. The summed E-state index contributed by atoms with van der Waals surface area (Å²) in [6.45, 7) is -0.312. The van der Waals surface area contributed by atoms with Crippen LogP contribution in [0.25, 0.3) is 0 Å². The van der Waals surface area contributed by atoms with Gasteiger partial charge in [0.2, 0.25) is 0 Å². The largest absolute Gasteiger partial charge is 0.456 e. The minimum absolute atomic E-state index is 0.129. The van der Waals surface area contributed by atoms with Crippen LogP contribution < -0.4 is 5.32 Å². The van der Waals surface area contributed by atoms with E-state index in [1.54, 1.807) is 0 Å². The monoisotopic (exact) mass is 205 g/mol. The Kier molecular flexibility index (Phi) is 2.76. The molecule has 0 aliphatic carbocycles.